The topological polar surface area (TPSA) is 32.3 Å². The SMILES string of the molecule is Cl.O=CNCC(CCCN1CCC(c2ccccc2)CC1)(c1ccccc1)c1ccc(Cl)cc1. The van der Waals surface area contributed by atoms with Gasteiger partial charge in [0.15, 0.2) is 0 Å². The number of likely N-dealkylation sites (tertiary alicyclic amines) is 1. The third-order valence-electron chi connectivity index (χ3n) is 7.15. The normalized spacial score (nSPS) is 16.3. The van der Waals surface area contributed by atoms with Crippen molar-refractivity contribution >= 4 is 30.4 Å². The van der Waals surface area contributed by atoms with Gasteiger partial charge in [-0.2, -0.15) is 0 Å². The van der Waals surface area contributed by atoms with Crippen LogP contribution in [0.5, 0.6) is 0 Å². The predicted molar refractivity (Wildman–Crippen MR) is 144 cm³/mol. The van der Waals surface area contributed by atoms with Gasteiger partial charge < -0.3 is 10.2 Å². The molecular weight excluding hydrogens is 463 g/mol. The zero-order valence-electron chi connectivity index (χ0n) is 19.5. The molecule has 4 rings (SSSR count). The maximum absolute atomic E-state index is 11.3. The van der Waals surface area contributed by atoms with Crippen molar-refractivity contribution < 1.29 is 4.79 Å². The molecule has 1 aliphatic rings. The highest BCUT2D eigenvalue weighted by molar-refractivity contribution is 6.30. The Morgan fingerprint density at radius 1 is 0.882 bits per heavy atom. The number of hydrogen-bond acceptors (Lipinski definition) is 2. The quantitative estimate of drug-likeness (QED) is 0.327. The number of benzene rings is 3. The summed E-state index contributed by atoms with van der Waals surface area (Å²) in [5, 5.41) is 3.71. The second-order valence-corrected chi connectivity index (χ2v) is 9.52. The molecule has 1 amide bonds. The molecule has 1 aliphatic heterocycles. The van der Waals surface area contributed by atoms with Gasteiger partial charge in [-0.25, -0.2) is 0 Å². The summed E-state index contributed by atoms with van der Waals surface area (Å²) in [5.74, 6) is 0.678. The molecule has 1 saturated heterocycles. The number of nitrogens with zero attached hydrogens (tertiary/aromatic N) is 1. The Morgan fingerprint density at radius 2 is 1.47 bits per heavy atom. The Hall–Kier alpha value is -2.33. The molecule has 180 valence electrons. The van der Waals surface area contributed by atoms with Gasteiger partial charge in [-0.15, -0.1) is 12.4 Å². The van der Waals surface area contributed by atoms with E-state index in [1.165, 1.54) is 29.5 Å². The molecule has 0 radical (unpaired) electrons. The van der Waals surface area contributed by atoms with Gasteiger partial charge >= 0.3 is 0 Å². The van der Waals surface area contributed by atoms with E-state index in [9.17, 15) is 4.79 Å². The highest BCUT2D eigenvalue weighted by Crippen LogP contribution is 2.37. The van der Waals surface area contributed by atoms with E-state index in [-0.39, 0.29) is 17.8 Å². The fourth-order valence-corrected chi connectivity index (χ4v) is 5.44. The Bertz CT molecular complexity index is 990. The second kappa shape index (κ2) is 12.9. The van der Waals surface area contributed by atoms with Crippen molar-refractivity contribution in [2.24, 2.45) is 0 Å². The maximum Gasteiger partial charge on any atom is 0.207 e. The summed E-state index contributed by atoms with van der Waals surface area (Å²) < 4.78 is 0. The van der Waals surface area contributed by atoms with Crippen LogP contribution >= 0.6 is 24.0 Å². The van der Waals surface area contributed by atoms with Gasteiger partial charge in [0.1, 0.15) is 0 Å². The molecule has 3 aromatic carbocycles. The van der Waals surface area contributed by atoms with E-state index < -0.39 is 0 Å². The van der Waals surface area contributed by atoms with E-state index in [1.807, 2.05) is 18.2 Å². The molecule has 0 aromatic heterocycles. The van der Waals surface area contributed by atoms with Crippen LogP contribution < -0.4 is 5.32 Å². The van der Waals surface area contributed by atoms with Crippen LogP contribution in [0, 0.1) is 0 Å². The number of carbonyl (C=O) groups is 1. The van der Waals surface area contributed by atoms with Gasteiger partial charge in [0.2, 0.25) is 6.41 Å². The molecule has 1 atom stereocenters. The summed E-state index contributed by atoms with van der Waals surface area (Å²) >= 11 is 6.20. The van der Waals surface area contributed by atoms with Crippen LogP contribution in [-0.2, 0) is 10.2 Å². The first kappa shape index (κ1) is 26.3. The summed E-state index contributed by atoms with van der Waals surface area (Å²) in [6, 6.07) is 29.6. The fraction of sp³-hybridized carbons (Fsp3) is 0.345. The summed E-state index contributed by atoms with van der Waals surface area (Å²) in [7, 11) is 0. The van der Waals surface area contributed by atoms with Crippen LogP contribution in [0.3, 0.4) is 0 Å². The highest BCUT2D eigenvalue weighted by atomic mass is 35.5. The van der Waals surface area contributed by atoms with Crippen LogP contribution in [0.1, 0.15) is 48.3 Å². The van der Waals surface area contributed by atoms with Crippen molar-refractivity contribution in [3.8, 4) is 0 Å². The van der Waals surface area contributed by atoms with Crippen molar-refractivity contribution in [3.63, 3.8) is 0 Å². The number of carbonyl (C=O) groups excluding carboxylic acids is 1. The third-order valence-corrected chi connectivity index (χ3v) is 7.40. The lowest BCUT2D eigenvalue weighted by molar-refractivity contribution is -0.109. The van der Waals surface area contributed by atoms with Gasteiger partial charge in [-0.1, -0.05) is 84.4 Å². The van der Waals surface area contributed by atoms with Crippen LogP contribution in [0.15, 0.2) is 84.9 Å². The second-order valence-electron chi connectivity index (χ2n) is 9.08. The van der Waals surface area contributed by atoms with Crippen molar-refractivity contribution in [2.75, 3.05) is 26.2 Å². The zero-order chi connectivity index (χ0) is 22.9. The maximum atomic E-state index is 11.3. The van der Waals surface area contributed by atoms with Gasteiger partial charge in [-0.3, -0.25) is 4.79 Å². The Morgan fingerprint density at radius 3 is 2.09 bits per heavy atom. The number of nitrogens with one attached hydrogen (secondary N) is 1. The van der Waals surface area contributed by atoms with E-state index in [4.69, 9.17) is 11.6 Å². The number of hydrogen-bond donors (Lipinski definition) is 1. The zero-order valence-corrected chi connectivity index (χ0v) is 21.1. The molecule has 3 aromatic rings. The first-order valence-electron chi connectivity index (χ1n) is 12.0. The third kappa shape index (κ3) is 6.41. The average molecular weight is 498 g/mol. The minimum absolute atomic E-state index is 0. The minimum Gasteiger partial charge on any atom is -0.357 e. The van der Waals surface area contributed by atoms with E-state index in [2.05, 4.69) is 76.9 Å². The minimum atomic E-state index is -0.283. The Balaban J connectivity index is 0.00000324. The lowest BCUT2D eigenvalue weighted by Crippen LogP contribution is -2.40. The molecule has 3 nitrogen and oxygen atoms in total. The van der Waals surface area contributed by atoms with Gasteiger partial charge in [0.25, 0.3) is 0 Å². The molecule has 34 heavy (non-hydrogen) atoms. The largest absolute Gasteiger partial charge is 0.357 e. The lowest BCUT2D eigenvalue weighted by atomic mass is 9.71. The molecule has 1 N–H and O–H groups in total. The van der Waals surface area contributed by atoms with Gasteiger partial charge in [0, 0.05) is 17.0 Å². The average Bonchev–Trinajstić information content (AvgIpc) is 2.88. The molecule has 0 aliphatic carbocycles. The van der Waals surface area contributed by atoms with E-state index in [0.717, 1.165) is 43.9 Å². The molecule has 5 heteroatoms. The van der Waals surface area contributed by atoms with E-state index in [1.54, 1.807) is 0 Å². The van der Waals surface area contributed by atoms with E-state index in [0.29, 0.717) is 12.5 Å². The molecule has 0 spiro atoms. The Labute approximate surface area is 214 Å². The van der Waals surface area contributed by atoms with Crippen LogP contribution in [0.2, 0.25) is 5.02 Å². The fourth-order valence-electron chi connectivity index (χ4n) is 5.31. The van der Waals surface area contributed by atoms with Gasteiger partial charge in [0.05, 0.1) is 0 Å². The number of rotatable bonds is 10. The number of piperidine rings is 1. The molecule has 1 fully saturated rings. The smallest absolute Gasteiger partial charge is 0.207 e. The molecule has 0 saturated carbocycles. The molecule has 0 bridgehead atoms. The number of halogens is 2. The summed E-state index contributed by atoms with van der Waals surface area (Å²) in [5.41, 5.74) is 3.61. The van der Waals surface area contributed by atoms with Crippen LogP contribution in [-0.4, -0.2) is 37.5 Å². The van der Waals surface area contributed by atoms with Crippen molar-refractivity contribution in [1.82, 2.24) is 10.2 Å². The van der Waals surface area contributed by atoms with Crippen molar-refractivity contribution in [3.05, 3.63) is 107 Å². The predicted octanol–water partition coefficient (Wildman–Crippen LogP) is 6.45. The van der Waals surface area contributed by atoms with Crippen molar-refractivity contribution in [1.29, 1.82) is 0 Å². The van der Waals surface area contributed by atoms with E-state index >= 15 is 0 Å². The lowest BCUT2D eigenvalue weighted by Gasteiger charge is -2.37. The number of amides is 1. The monoisotopic (exact) mass is 496 g/mol. The van der Waals surface area contributed by atoms with Gasteiger partial charge in [-0.05, 0) is 80.1 Å². The molecule has 1 heterocycles. The highest BCUT2D eigenvalue weighted by Gasteiger charge is 2.34. The first-order chi connectivity index (χ1) is 16.2. The summed E-state index contributed by atoms with van der Waals surface area (Å²) in [6.45, 7) is 3.93. The molecule has 1 unspecified atom stereocenters. The summed E-state index contributed by atoms with van der Waals surface area (Å²) in [6.07, 6.45) is 5.27. The first-order valence-corrected chi connectivity index (χ1v) is 12.3. The molecular formula is C29H34Cl2N2O. The van der Waals surface area contributed by atoms with Crippen LogP contribution in [0.4, 0.5) is 0 Å². The van der Waals surface area contributed by atoms with Crippen molar-refractivity contribution in [2.45, 2.75) is 37.0 Å². The summed E-state index contributed by atoms with van der Waals surface area (Å²) in [4.78, 5) is 13.9. The Kier molecular flexibility index (Phi) is 10.0. The standard InChI is InChI=1S/C29H33ClN2O.ClH/c30-28-14-12-27(13-15-28)29(22-31-23-33,26-10-5-2-6-11-26)18-7-19-32-20-16-25(17-21-32)24-8-3-1-4-9-24;/h1-6,8-15,23,25H,7,16-22H2,(H,31,33);1H. The van der Waals surface area contributed by atoms with Crippen LogP contribution in [0.25, 0.3) is 0 Å².